The van der Waals surface area contributed by atoms with Crippen LogP contribution in [0.5, 0.6) is 0 Å². The first-order valence-corrected chi connectivity index (χ1v) is 6.25. The minimum absolute atomic E-state index is 0.128. The summed E-state index contributed by atoms with van der Waals surface area (Å²) in [4.78, 5) is 19.0. The van der Waals surface area contributed by atoms with Crippen LogP contribution in [0.25, 0.3) is 21.3 Å². The van der Waals surface area contributed by atoms with Crippen LogP contribution in [-0.4, -0.2) is 21.0 Å². The molecule has 0 radical (unpaired) electrons. The molecule has 0 aliphatic heterocycles. The Morgan fingerprint density at radius 2 is 2.22 bits per heavy atom. The molecule has 2 heterocycles. The number of aryl methyl sites for hydroxylation is 1. The molecule has 0 bridgehead atoms. The van der Waals surface area contributed by atoms with Crippen molar-refractivity contribution in [1.82, 2.24) is 9.97 Å². The average Bonchev–Trinajstić information content (AvgIpc) is 2.93. The molecule has 0 aliphatic rings. The van der Waals surface area contributed by atoms with Crippen molar-refractivity contribution in [3.05, 3.63) is 41.2 Å². The number of fused-ring (bicyclic) bond motifs is 1. The lowest BCUT2D eigenvalue weighted by molar-refractivity contribution is 0.0692. The zero-order valence-electron chi connectivity index (χ0n) is 9.60. The Hall–Kier alpha value is -2.14. The molecule has 18 heavy (non-hydrogen) atoms. The maximum Gasteiger partial charge on any atom is 0.356 e. The summed E-state index contributed by atoms with van der Waals surface area (Å²) in [6, 6.07) is 7.83. The third-order valence-electron chi connectivity index (χ3n) is 2.75. The molecular formula is C13H10N2O2S. The van der Waals surface area contributed by atoms with E-state index < -0.39 is 5.97 Å². The second-order valence-corrected chi connectivity index (χ2v) is 5.20. The number of aromatic amines is 1. The number of carbonyl (C=O) groups is 1. The fourth-order valence-corrected chi connectivity index (χ4v) is 2.86. The number of thiazole rings is 1. The highest BCUT2D eigenvalue weighted by Crippen LogP contribution is 2.31. The first-order chi connectivity index (χ1) is 8.65. The zero-order valence-corrected chi connectivity index (χ0v) is 10.4. The third-order valence-corrected chi connectivity index (χ3v) is 3.77. The Bertz CT molecular complexity index is 742. The number of nitrogens with one attached hydrogen (secondary N) is 1. The highest BCUT2D eigenvalue weighted by Gasteiger charge is 2.17. The Kier molecular flexibility index (Phi) is 2.41. The molecule has 0 atom stereocenters. The molecule has 2 aromatic heterocycles. The summed E-state index contributed by atoms with van der Waals surface area (Å²) < 4.78 is 0. The van der Waals surface area contributed by atoms with E-state index in [0.29, 0.717) is 4.88 Å². The van der Waals surface area contributed by atoms with E-state index in [2.05, 4.69) is 9.97 Å². The van der Waals surface area contributed by atoms with E-state index in [1.807, 2.05) is 37.4 Å². The molecule has 0 fully saturated rings. The summed E-state index contributed by atoms with van der Waals surface area (Å²) in [5.41, 5.74) is 2.01. The fraction of sp³-hybridized carbons (Fsp3) is 0.0769. The van der Waals surface area contributed by atoms with Gasteiger partial charge in [0, 0.05) is 11.7 Å². The Morgan fingerprint density at radius 3 is 3.00 bits per heavy atom. The van der Waals surface area contributed by atoms with E-state index in [1.165, 1.54) is 11.3 Å². The number of nitrogens with zero attached hydrogens (tertiary/aromatic N) is 1. The van der Waals surface area contributed by atoms with Crippen LogP contribution in [0, 0.1) is 6.92 Å². The van der Waals surface area contributed by atoms with Crippen molar-refractivity contribution in [2.24, 2.45) is 0 Å². The summed E-state index contributed by atoms with van der Waals surface area (Å²) in [7, 11) is 0. The van der Waals surface area contributed by atoms with E-state index in [0.717, 1.165) is 21.5 Å². The summed E-state index contributed by atoms with van der Waals surface area (Å²) in [6.07, 6.45) is 1.87. The predicted molar refractivity (Wildman–Crippen MR) is 71.1 cm³/mol. The second-order valence-electron chi connectivity index (χ2n) is 4.00. The Labute approximate surface area is 107 Å². The van der Waals surface area contributed by atoms with Crippen LogP contribution in [0.4, 0.5) is 0 Å². The number of benzene rings is 1. The summed E-state index contributed by atoms with van der Waals surface area (Å²) in [5.74, 6) is -0.985. The maximum absolute atomic E-state index is 11.2. The largest absolute Gasteiger partial charge is 0.476 e. The fourth-order valence-electron chi connectivity index (χ4n) is 1.96. The second kappa shape index (κ2) is 3.96. The van der Waals surface area contributed by atoms with Crippen molar-refractivity contribution in [3.8, 4) is 10.4 Å². The molecule has 5 heteroatoms. The van der Waals surface area contributed by atoms with Crippen molar-refractivity contribution >= 4 is 28.2 Å². The number of hydrogen-bond acceptors (Lipinski definition) is 3. The number of carboxylic acid groups (broad SMARTS) is 1. The molecule has 0 saturated carbocycles. The van der Waals surface area contributed by atoms with Crippen LogP contribution in [0.1, 0.15) is 15.5 Å². The van der Waals surface area contributed by atoms with Gasteiger partial charge in [0.05, 0.1) is 9.88 Å². The molecule has 0 unspecified atom stereocenters. The van der Waals surface area contributed by atoms with Crippen molar-refractivity contribution in [2.45, 2.75) is 6.92 Å². The maximum atomic E-state index is 11.2. The van der Waals surface area contributed by atoms with Crippen LogP contribution >= 0.6 is 11.3 Å². The quantitative estimate of drug-likeness (QED) is 0.741. The standard InChI is InChI=1S/C13H10N2O2S/c1-7-15-11(13(16)17)12(18-7)9-3-2-8-4-5-14-10(8)6-9/h2-6,14H,1H3,(H,16,17). The molecule has 2 N–H and O–H groups in total. The van der Waals surface area contributed by atoms with Gasteiger partial charge in [0.1, 0.15) is 0 Å². The predicted octanol–water partition coefficient (Wildman–Crippen LogP) is 3.30. The van der Waals surface area contributed by atoms with Crippen LogP contribution in [-0.2, 0) is 0 Å². The first-order valence-electron chi connectivity index (χ1n) is 5.43. The van der Waals surface area contributed by atoms with Gasteiger partial charge in [-0.2, -0.15) is 0 Å². The number of H-pyrrole nitrogens is 1. The van der Waals surface area contributed by atoms with Crippen LogP contribution < -0.4 is 0 Å². The Balaban J connectivity index is 2.21. The highest BCUT2D eigenvalue weighted by molar-refractivity contribution is 7.15. The Morgan fingerprint density at radius 1 is 1.39 bits per heavy atom. The van der Waals surface area contributed by atoms with Crippen molar-refractivity contribution in [1.29, 1.82) is 0 Å². The van der Waals surface area contributed by atoms with E-state index >= 15 is 0 Å². The molecule has 0 amide bonds. The molecule has 1 aromatic carbocycles. The summed E-state index contributed by atoms with van der Waals surface area (Å²) in [5, 5.41) is 11.0. The lowest BCUT2D eigenvalue weighted by atomic mass is 10.1. The number of aromatic carboxylic acids is 1. The van der Waals surface area contributed by atoms with Crippen molar-refractivity contribution < 1.29 is 9.90 Å². The minimum Gasteiger partial charge on any atom is -0.476 e. The van der Waals surface area contributed by atoms with Gasteiger partial charge in [0.15, 0.2) is 5.69 Å². The van der Waals surface area contributed by atoms with E-state index in [9.17, 15) is 4.79 Å². The van der Waals surface area contributed by atoms with Crippen LogP contribution in [0.2, 0.25) is 0 Å². The zero-order chi connectivity index (χ0) is 12.7. The monoisotopic (exact) mass is 258 g/mol. The van der Waals surface area contributed by atoms with Gasteiger partial charge in [0.2, 0.25) is 0 Å². The molecule has 3 rings (SSSR count). The van der Waals surface area contributed by atoms with Crippen molar-refractivity contribution in [3.63, 3.8) is 0 Å². The molecule has 90 valence electrons. The molecule has 4 nitrogen and oxygen atoms in total. The lowest BCUT2D eigenvalue weighted by Gasteiger charge is -1.99. The number of carboxylic acids is 1. The van der Waals surface area contributed by atoms with E-state index in [4.69, 9.17) is 5.11 Å². The highest BCUT2D eigenvalue weighted by atomic mass is 32.1. The SMILES string of the molecule is Cc1nc(C(=O)O)c(-c2ccc3cc[nH]c3c2)s1. The van der Waals surface area contributed by atoms with Gasteiger partial charge in [-0.15, -0.1) is 11.3 Å². The molecular weight excluding hydrogens is 248 g/mol. The number of hydrogen-bond donors (Lipinski definition) is 2. The molecule has 3 aromatic rings. The number of aromatic nitrogens is 2. The van der Waals surface area contributed by atoms with Crippen molar-refractivity contribution in [2.75, 3.05) is 0 Å². The van der Waals surface area contributed by atoms with Gasteiger partial charge in [-0.1, -0.05) is 12.1 Å². The van der Waals surface area contributed by atoms with Gasteiger partial charge in [-0.25, -0.2) is 9.78 Å². The van der Waals surface area contributed by atoms with Crippen LogP contribution in [0.15, 0.2) is 30.5 Å². The van der Waals surface area contributed by atoms with Gasteiger partial charge < -0.3 is 10.1 Å². The first kappa shape index (κ1) is 11.0. The van der Waals surface area contributed by atoms with Gasteiger partial charge >= 0.3 is 5.97 Å². The molecule has 0 aliphatic carbocycles. The molecule has 0 spiro atoms. The smallest absolute Gasteiger partial charge is 0.356 e. The summed E-state index contributed by atoms with van der Waals surface area (Å²) in [6.45, 7) is 1.81. The summed E-state index contributed by atoms with van der Waals surface area (Å²) >= 11 is 1.40. The number of rotatable bonds is 2. The minimum atomic E-state index is -0.985. The van der Waals surface area contributed by atoms with Gasteiger partial charge in [0.25, 0.3) is 0 Å². The van der Waals surface area contributed by atoms with E-state index in [-0.39, 0.29) is 5.69 Å². The topological polar surface area (TPSA) is 66.0 Å². The third kappa shape index (κ3) is 1.69. The van der Waals surface area contributed by atoms with E-state index in [1.54, 1.807) is 0 Å². The lowest BCUT2D eigenvalue weighted by Crippen LogP contribution is -1.98. The van der Waals surface area contributed by atoms with Crippen LogP contribution in [0.3, 0.4) is 0 Å². The van der Waals surface area contributed by atoms with Gasteiger partial charge in [-0.05, 0) is 30.0 Å². The average molecular weight is 258 g/mol. The normalized spacial score (nSPS) is 10.9. The molecule has 0 saturated heterocycles. The van der Waals surface area contributed by atoms with Gasteiger partial charge in [-0.3, -0.25) is 0 Å².